The Morgan fingerprint density at radius 2 is 1.84 bits per heavy atom. The van der Waals surface area contributed by atoms with Crippen LogP contribution in [0.5, 0.6) is 11.9 Å². The Hall–Kier alpha value is -2.48. The summed E-state index contributed by atoms with van der Waals surface area (Å²) in [7, 11) is -0.751. The average molecular weight is 724 g/mol. The molecule has 1 amide bonds. The molecule has 14 heteroatoms. The van der Waals surface area contributed by atoms with E-state index in [4.69, 9.17) is 40.0 Å². The summed E-state index contributed by atoms with van der Waals surface area (Å²) in [6.45, 7) is 22.8. The highest BCUT2D eigenvalue weighted by atomic mass is 35.5. The van der Waals surface area contributed by atoms with Gasteiger partial charge in [-0.25, -0.2) is 9.18 Å². The van der Waals surface area contributed by atoms with Crippen molar-refractivity contribution in [3.63, 3.8) is 0 Å². The van der Waals surface area contributed by atoms with Gasteiger partial charge in [-0.15, -0.1) is 0 Å². The lowest BCUT2D eigenvalue weighted by atomic mass is 9.74. The molecule has 5 rings (SSSR count). The fourth-order valence-electron chi connectivity index (χ4n) is 7.38. The van der Waals surface area contributed by atoms with E-state index >= 15 is 4.39 Å². The van der Waals surface area contributed by atoms with E-state index in [1.165, 1.54) is 7.11 Å². The maximum absolute atomic E-state index is 15.8. The lowest BCUT2D eigenvalue weighted by Gasteiger charge is -2.49. The van der Waals surface area contributed by atoms with Crippen LogP contribution in [-0.2, 0) is 13.9 Å². The van der Waals surface area contributed by atoms with Crippen LogP contribution in [0.1, 0.15) is 87.5 Å². The molecule has 0 N–H and O–H groups in total. The quantitative estimate of drug-likeness (QED) is 0.208. The number of hydrogen-bond acceptors (Lipinski definition) is 10. The highest BCUT2D eigenvalue weighted by Gasteiger charge is 2.53. The molecule has 2 aromatic rings. The molecule has 0 aromatic carbocycles. The summed E-state index contributed by atoms with van der Waals surface area (Å²) in [5.74, 6) is -0.260. The second-order valence-electron chi connectivity index (χ2n) is 16.9. The first-order valence-electron chi connectivity index (χ1n) is 17.5. The van der Waals surface area contributed by atoms with Crippen LogP contribution >= 0.6 is 11.6 Å². The zero-order chi connectivity index (χ0) is 36.2. The van der Waals surface area contributed by atoms with E-state index in [0.29, 0.717) is 37.5 Å². The van der Waals surface area contributed by atoms with Crippen molar-refractivity contribution in [3.8, 4) is 11.9 Å². The first-order valence-corrected chi connectivity index (χ1v) is 20.8. The molecule has 2 saturated heterocycles. The van der Waals surface area contributed by atoms with Crippen molar-refractivity contribution in [1.82, 2.24) is 19.9 Å². The van der Waals surface area contributed by atoms with Crippen LogP contribution in [0, 0.1) is 11.2 Å². The predicted octanol–water partition coefficient (Wildman–Crippen LogP) is 7.78. The third kappa shape index (κ3) is 7.74. The van der Waals surface area contributed by atoms with Gasteiger partial charge in [0.15, 0.2) is 19.3 Å². The Kier molecular flexibility index (Phi) is 10.5. The van der Waals surface area contributed by atoms with Gasteiger partial charge in [-0.1, -0.05) is 38.8 Å². The molecular weight excluding hydrogens is 669 g/mol. The van der Waals surface area contributed by atoms with E-state index in [2.05, 4.69) is 57.7 Å². The van der Waals surface area contributed by atoms with E-state index in [0.717, 1.165) is 32.1 Å². The molecule has 1 saturated carbocycles. The number of piperidine rings is 1. The summed E-state index contributed by atoms with van der Waals surface area (Å²) in [6.07, 6.45) is 4.08. The Bertz CT molecular complexity index is 1550. The molecule has 274 valence electrons. The van der Waals surface area contributed by atoms with Gasteiger partial charge in [0.05, 0.1) is 32.5 Å². The number of aromatic nitrogens is 3. The third-order valence-electron chi connectivity index (χ3n) is 10.7. The van der Waals surface area contributed by atoms with Gasteiger partial charge in [-0.3, -0.25) is 0 Å². The van der Waals surface area contributed by atoms with Gasteiger partial charge in [-0.05, 0) is 78.4 Å². The van der Waals surface area contributed by atoms with Crippen molar-refractivity contribution in [2.75, 3.05) is 44.9 Å². The van der Waals surface area contributed by atoms with E-state index in [-0.39, 0.29) is 57.8 Å². The number of anilines is 1. The molecular formula is C35H55ClFN5O6Si. The summed E-state index contributed by atoms with van der Waals surface area (Å²) in [5, 5.41) is -0.0715. The summed E-state index contributed by atoms with van der Waals surface area (Å²) >= 11 is 6.26. The fourth-order valence-corrected chi connectivity index (χ4v) is 9.21. The minimum Gasteiger partial charge on any atom is -0.480 e. The van der Waals surface area contributed by atoms with Crippen LogP contribution in [0.15, 0.2) is 0 Å². The van der Waals surface area contributed by atoms with Gasteiger partial charge in [0.2, 0.25) is 5.88 Å². The molecule has 0 spiro atoms. The highest BCUT2D eigenvalue weighted by Crippen LogP contribution is 2.50. The number of likely N-dealkylation sites (tertiary alicyclic amines) is 1. The van der Waals surface area contributed by atoms with E-state index in [1.54, 1.807) is 0 Å². The van der Waals surface area contributed by atoms with Crippen molar-refractivity contribution in [2.24, 2.45) is 5.41 Å². The summed E-state index contributed by atoms with van der Waals surface area (Å²) in [5.41, 5.74) is -1.64. The van der Waals surface area contributed by atoms with Gasteiger partial charge >= 0.3 is 12.1 Å². The van der Waals surface area contributed by atoms with Gasteiger partial charge < -0.3 is 33.2 Å². The Balaban J connectivity index is 1.52. The summed E-state index contributed by atoms with van der Waals surface area (Å²) in [6, 6.07) is 0.00160. The fraction of sp³-hybridized carbons (Fsp3) is 0.771. The number of carbonyl (C=O) groups is 1. The standard InChI is InChI=1S/C35H55ClFN5O6Si/c1-22-14-16-35(15-12-13-23(35)42(22)31(43)47-32(2,3)4)21-46-30-38-26-24(29(44-9)39-27(36)25(26)37)28(40-30)41-17-18-45-20-34(8,19-41)48-49(10,11)33(5,6)7/h22-23H,12-21H2,1-11H3/t22?,23-,34+,35-/m1/s1. The summed E-state index contributed by atoms with van der Waals surface area (Å²) < 4.78 is 46.8. The molecule has 3 fully saturated rings. The average Bonchev–Trinajstić information content (AvgIpc) is 3.31. The first-order chi connectivity index (χ1) is 22.7. The number of methoxy groups -OCH3 is 1. The van der Waals surface area contributed by atoms with E-state index < -0.39 is 25.3 Å². The molecule has 1 aliphatic carbocycles. The van der Waals surface area contributed by atoms with Crippen LogP contribution < -0.4 is 14.4 Å². The lowest BCUT2D eigenvalue weighted by Crippen LogP contribution is -2.58. The molecule has 2 aromatic heterocycles. The molecule has 0 radical (unpaired) electrons. The molecule has 3 aliphatic rings. The monoisotopic (exact) mass is 723 g/mol. The van der Waals surface area contributed by atoms with Crippen molar-refractivity contribution >= 4 is 42.7 Å². The van der Waals surface area contributed by atoms with Gasteiger partial charge in [0, 0.05) is 30.6 Å². The molecule has 11 nitrogen and oxygen atoms in total. The largest absolute Gasteiger partial charge is 0.480 e. The summed E-state index contributed by atoms with van der Waals surface area (Å²) in [4.78, 5) is 31.1. The van der Waals surface area contributed by atoms with Crippen LogP contribution in [-0.4, -0.2) is 97.6 Å². The zero-order valence-corrected chi connectivity index (χ0v) is 32.9. The molecule has 2 aliphatic heterocycles. The van der Waals surface area contributed by atoms with Crippen molar-refractivity contribution in [2.45, 2.75) is 129 Å². The Morgan fingerprint density at radius 1 is 1.12 bits per heavy atom. The van der Waals surface area contributed by atoms with Gasteiger partial charge in [0.25, 0.3) is 0 Å². The number of nitrogens with zero attached hydrogens (tertiary/aromatic N) is 5. The Morgan fingerprint density at radius 3 is 2.49 bits per heavy atom. The SMILES string of the molecule is COc1nc(Cl)c(F)c2nc(OC[C@]34CCC[C@H]3N(C(=O)OC(C)(C)C)C(C)CC4)nc(N3CCOC[C@@](C)(O[Si](C)(C)C(C)(C)C)C3)c12. The minimum absolute atomic E-state index is 0.0176. The number of pyridine rings is 1. The minimum atomic E-state index is -2.21. The van der Waals surface area contributed by atoms with E-state index in [1.807, 2.05) is 30.6 Å². The second kappa shape index (κ2) is 13.6. The van der Waals surface area contributed by atoms with Gasteiger partial charge in [-0.2, -0.15) is 15.0 Å². The highest BCUT2D eigenvalue weighted by molar-refractivity contribution is 6.74. The number of halogens is 2. The molecule has 0 bridgehead atoms. The first kappa shape index (κ1) is 37.8. The van der Waals surface area contributed by atoms with Gasteiger partial charge in [0.1, 0.15) is 22.3 Å². The normalized spacial score (nSPS) is 26.8. The maximum atomic E-state index is 15.8. The predicted molar refractivity (Wildman–Crippen MR) is 191 cm³/mol. The topological polar surface area (TPSA) is 108 Å². The second-order valence-corrected chi connectivity index (χ2v) is 22.0. The van der Waals surface area contributed by atoms with Crippen LogP contribution in [0.2, 0.25) is 23.3 Å². The van der Waals surface area contributed by atoms with E-state index in [9.17, 15) is 4.79 Å². The number of carbonyl (C=O) groups excluding carboxylic acids is 1. The third-order valence-corrected chi connectivity index (χ3v) is 15.6. The molecule has 1 unspecified atom stereocenters. The van der Waals surface area contributed by atoms with Crippen LogP contribution in [0.25, 0.3) is 10.9 Å². The molecule has 4 heterocycles. The lowest BCUT2D eigenvalue weighted by molar-refractivity contribution is -0.0462. The van der Waals surface area contributed by atoms with Crippen molar-refractivity contribution < 1.29 is 32.6 Å². The molecule has 4 atom stereocenters. The van der Waals surface area contributed by atoms with Crippen molar-refractivity contribution in [1.29, 1.82) is 0 Å². The molecule has 49 heavy (non-hydrogen) atoms. The van der Waals surface area contributed by atoms with Crippen LogP contribution in [0.4, 0.5) is 15.0 Å². The maximum Gasteiger partial charge on any atom is 0.410 e. The number of amides is 1. The number of hydrogen-bond donors (Lipinski definition) is 0. The zero-order valence-electron chi connectivity index (χ0n) is 31.2. The van der Waals surface area contributed by atoms with Crippen molar-refractivity contribution in [3.05, 3.63) is 11.0 Å². The van der Waals surface area contributed by atoms with Crippen LogP contribution in [0.3, 0.4) is 0 Å². The Labute approximate surface area is 296 Å². The number of fused-ring (bicyclic) bond motifs is 2. The smallest absolute Gasteiger partial charge is 0.410 e. The number of ether oxygens (including phenoxy) is 4. The number of rotatable bonds is 7.